The van der Waals surface area contributed by atoms with E-state index in [0.29, 0.717) is 0 Å². The summed E-state index contributed by atoms with van der Waals surface area (Å²) >= 11 is 0. The second-order valence-electron chi connectivity index (χ2n) is 9.35. The Morgan fingerprint density at radius 2 is 1.08 bits per heavy atom. The highest BCUT2D eigenvalue weighted by atomic mass is 14.7. The zero-order valence-corrected chi connectivity index (χ0v) is 15.3. The Hall–Kier alpha value is -1.89. The molecule has 0 amide bonds. The lowest BCUT2D eigenvalue weighted by Gasteiger charge is -2.40. The highest BCUT2D eigenvalue weighted by Gasteiger charge is 2.36. The minimum absolute atomic E-state index is 0.780. The summed E-state index contributed by atoms with van der Waals surface area (Å²) in [4.78, 5) is 5.05. The van der Waals surface area contributed by atoms with Crippen molar-refractivity contribution in [2.45, 2.75) is 75.0 Å². The summed E-state index contributed by atoms with van der Waals surface area (Å²) in [6, 6.07) is 9.76. The Morgan fingerprint density at radius 1 is 0.538 bits per heavy atom. The first kappa shape index (κ1) is 14.2. The molecule has 2 aromatic carbocycles. The molecule has 2 saturated carbocycles. The molecule has 26 heavy (non-hydrogen) atoms. The summed E-state index contributed by atoms with van der Waals surface area (Å²) in [6.45, 7) is 0. The molecule has 1 aromatic heterocycles. The lowest BCUT2D eigenvalue weighted by Crippen LogP contribution is -2.22. The molecule has 0 aliphatic heterocycles. The molecule has 130 valence electrons. The fraction of sp³-hybridized carbons (Fsp3) is 0.480. The molecule has 4 bridgehead atoms. The van der Waals surface area contributed by atoms with Gasteiger partial charge < -0.3 is 0 Å². The second kappa shape index (κ2) is 4.88. The van der Waals surface area contributed by atoms with Crippen molar-refractivity contribution in [2.75, 3.05) is 0 Å². The summed E-state index contributed by atoms with van der Waals surface area (Å²) in [7, 11) is 0. The highest BCUT2D eigenvalue weighted by molar-refractivity contribution is 6.08. The molecule has 1 heterocycles. The minimum Gasteiger partial charge on any atom is -0.255 e. The molecule has 0 radical (unpaired) electrons. The Labute approximate surface area is 154 Å². The third kappa shape index (κ3) is 1.66. The van der Waals surface area contributed by atoms with Crippen LogP contribution in [0.2, 0.25) is 0 Å². The van der Waals surface area contributed by atoms with Gasteiger partial charge in [0.1, 0.15) is 0 Å². The predicted octanol–water partition coefficient (Wildman–Crippen LogP) is 6.90. The smallest absolute Gasteiger partial charge is 0.0783 e. The molecule has 6 aliphatic rings. The van der Waals surface area contributed by atoms with E-state index in [1.54, 1.807) is 22.3 Å². The Bertz CT molecular complexity index is 976. The van der Waals surface area contributed by atoms with Crippen molar-refractivity contribution in [3.05, 3.63) is 52.7 Å². The van der Waals surface area contributed by atoms with Crippen molar-refractivity contribution in [1.82, 2.24) is 4.98 Å². The van der Waals surface area contributed by atoms with Gasteiger partial charge in [0, 0.05) is 17.0 Å². The Balaban J connectivity index is 1.56. The molecule has 2 fully saturated rings. The molecule has 1 nitrogen and oxygen atoms in total. The van der Waals surface area contributed by atoms with Crippen LogP contribution in [0.3, 0.4) is 0 Å². The number of benzene rings is 2. The van der Waals surface area contributed by atoms with Crippen LogP contribution in [0.4, 0.5) is 0 Å². The van der Waals surface area contributed by atoms with Gasteiger partial charge in [-0.15, -0.1) is 0 Å². The largest absolute Gasteiger partial charge is 0.255 e. The summed E-state index contributed by atoms with van der Waals surface area (Å²) in [5, 5.41) is 4.39. The van der Waals surface area contributed by atoms with Crippen LogP contribution in [0, 0.1) is 0 Å². The highest BCUT2D eigenvalue weighted by Crippen LogP contribution is 2.54. The molecule has 0 atom stereocenters. The van der Waals surface area contributed by atoms with Crippen LogP contribution in [-0.4, -0.2) is 4.98 Å². The molecule has 0 spiro atoms. The van der Waals surface area contributed by atoms with Crippen LogP contribution in [0.1, 0.15) is 97.3 Å². The zero-order chi connectivity index (χ0) is 16.8. The van der Waals surface area contributed by atoms with Crippen molar-refractivity contribution in [3.8, 4) is 0 Å². The van der Waals surface area contributed by atoms with Gasteiger partial charge in [0.2, 0.25) is 0 Å². The average molecular weight is 339 g/mol. The molecule has 9 rings (SSSR count). The number of aromatic nitrogens is 1. The topological polar surface area (TPSA) is 12.9 Å². The monoisotopic (exact) mass is 339 g/mol. The first-order valence-electron chi connectivity index (χ1n) is 10.8. The number of fused-ring (bicyclic) bond motifs is 7. The van der Waals surface area contributed by atoms with Gasteiger partial charge in [-0.25, -0.2) is 0 Å². The van der Waals surface area contributed by atoms with E-state index in [1.807, 2.05) is 0 Å². The Kier molecular flexibility index (Phi) is 2.67. The summed E-state index contributed by atoms with van der Waals surface area (Å²) < 4.78 is 0. The number of hydrogen-bond donors (Lipinski definition) is 0. The number of rotatable bonds is 0. The minimum atomic E-state index is 0.780. The third-order valence-electron chi connectivity index (χ3n) is 8.33. The summed E-state index contributed by atoms with van der Waals surface area (Å²) in [5.41, 5.74) is 7.87. The van der Waals surface area contributed by atoms with Crippen LogP contribution >= 0.6 is 0 Å². The zero-order valence-electron chi connectivity index (χ0n) is 15.3. The van der Waals surface area contributed by atoms with Crippen molar-refractivity contribution >= 4 is 21.7 Å². The van der Waals surface area contributed by atoms with E-state index in [2.05, 4.69) is 30.5 Å². The van der Waals surface area contributed by atoms with E-state index in [0.717, 1.165) is 23.7 Å². The lowest BCUT2D eigenvalue weighted by molar-refractivity contribution is 0.360. The van der Waals surface area contributed by atoms with Crippen molar-refractivity contribution in [1.29, 1.82) is 0 Å². The maximum Gasteiger partial charge on any atom is 0.0783 e. The van der Waals surface area contributed by atoms with Crippen LogP contribution in [0.15, 0.2) is 30.5 Å². The number of pyridine rings is 1. The van der Waals surface area contributed by atoms with Gasteiger partial charge in [-0.2, -0.15) is 0 Å². The molecular formula is C25H25N. The summed E-state index contributed by atoms with van der Waals surface area (Å²) in [5.74, 6) is 3.18. The second-order valence-corrected chi connectivity index (χ2v) is 9.35. The van der Waals surface area contributed by atoms with Gasteiger partial charge in [0.15, 0.2) is 0 Å². The van der Waals surface area contributed by atoms with E-state index in [4.69, 9.17) is 4.98 Å². The lowest BCUT2D eigenvalue weighted by atomic mass is 9.65. The molecule has 0 unspecified atom stereocenters. The maximum atomic E-state index is 5.05. The average Bonchev–Trinajstić information content (AvgIpc) is 2.74. The van der Waals surface area contributed by atoms with Crippen molar-refractivity contribution in [3.63, 3.8) is 0 Å². The van der Waals surface area contributed by atoms with Gasteiger partial charge in [-0.3, -0.25) is 4.98 Å². The number of nitrogens with zero attached hydrogens (tertiary/aromatic N) is 1. The van der Waals surface area contributed by atoms with Gasteiger partial charge in [-0.05, 0) is 103 Å². The van der Waals surface area contributed by atoms with Gasteiger partial charge in [0.05, 0.1) is 5.52 Å². The molecule has 1 heteroatoms. The Morgan fingerprint density at radius 3 is 1.81 bits per heavy atom. The first-order chi connectivity index (χ1) is 12.9. The van der Waals surface area contributed by atoms with Crippen LogP contribution in [0.25, 0.3) is 21.7 Å². The first-order valence-corrected chi connectivity index (χ1v) is 10.8. The molecule has 6 aliphatic carbocycles. The van der Waals surface area contributed by atoms with E-state index < -0.39 is 0 Å². The SMILES string of the molecule is c1cc2c(ccc3c4c(cnc32)C2CCC4CC2)c2c1C1CCC2CC1. The van der Waals surface area contributed by atoms with Gasteiger partial charge in [0.25, 0.3) is 0 Å². The van der Waals surface area contributed by atoms with E-state index in [9.17, 15) is 0 Å². The standard InChI is InChI=1S/C25H25N/c1-5-16-6-2-14(1)18-9-11-20-19(23(16)18)10-12-21-24-17-7-3-15(4-8-17)22(24)13-26-25(20)21/h9-17H,1-8H2. The maximum absolute atomic E-state index is 5.05. The molecule has 0 N–H and O–H groups in total. The van der Waals surface area contributed by atoms with Gasteiger partial charge in [-0.1, -0.05) is 24.3 Å². The van der Waals surface area contributed by atoms with Crippen LogP contribution in [0.5, 0.6) is 0 Å². The van der Waals surface area contributed by atoms with Crippen LogP contribution < -0.4 is 0 Å². The molecule has 3 aromatic rings. The molecule has 0 saturated heterocycles. The van der Waals surface area contributed by atoms with E-state index >= 15 is 0 Å². The van der Waals surface area contributed by atoms with Crippen LogP contribution in [-0.2, 0) is 0 Å². The quantitative estimate of drug-likeness (QED) is 0.406. The fourth-order valence-electron chi connectivity index (χ4n) is 7.12. The van der Waals surface area contributed by atoms with Gasteiger partial charge >= 0.3 is 0 Å². The van der Waals surface area contributed by atoms with Crippen molar-refractivity contribution < 1.29 is 0 Å². The molecular weight excluding hydrogens is 314 g/mol. The number of hydrogen-bond acceptors (Lipinski definition) is 1. The van der Waals surface area contributed by atoms with Crippen molar-refractivity contribution in [2.24, 2.45) is 0 Å². The normalized spacial score (nSPS) is 31.4. The predicted molar refractivity (Wildman–Crippen MR) is 107 cm³/mol. The van der Waals surface area contributed by atoms with E-state index in [1.165, 1.54) is 73.0 Å². The fourth-order valence-corrected chi connectivity index (χ4v) is 7.12. The third-order valence-corrected chi connectivity index (χ3v) is 8.33. The summed E-state index contributed by atoms with van der Waals surface area (Å²) in [6.07, 6.45) is 13.4. The van der Waals surface area contributed by atoms with E-state index in [-0.39, 0.29) is 0 Å².